The van der Waals surface area contributed by atoms with Crippen molar-refractivity contribution in [2.75, 3.05) is 0 Å². The van der Waals surface area contributed by atoms with Gasteiger partial charge in [0.15, 0.2) is 69.3 Å². The van der Waals surface area contributed by atoms with Crippen molar-refractivity contribution in [1.82, 2.24) is 39.9 Å². The van der Waals surface area contributed by atoms with E-state index in [0.29, 0.717) is 54.7 Å². The molecule has 2 aliphatic heterocycles. The highest BCUT2D eigenvalue weighted by atomic mass is 16.4. The van der Waals surface area contributed by atoms with Gasteiger partial charge in [-0.25, -0.2) is 29.9 Å². The predicted molar refractivity (Wildman–Crippen MR) is 215 cm³/mol. The summed E-state index contributed by atoms with van der Waals surface area (Å²) in [5.41, 5.74) is 2.36. The summed E-state index contributed by atoms with van der Waals surface area (Å²) in [6.07, 6.45) is 0. The fourth-order valence-electron chi connectivity index (χ4n) is 6.72. The Morgan fingerprint density at radius 3 is 0.750 bits per heavy atom. The maximum Gasteiger partial charge on any atom is 0.488 e. The summed E-state index contributed by atoms with van der Waals surface area (Å²) in [7, 11) is -3.04. The molecule has 5 heterocycles. The van der Waals surface area contributed by atoms with E-state index in [4.69, 9.17) is 20.1 Å². The van der Waals surface area contributed by atoms with Gasteiger partial charge in [-0.2, -0.15) is 0 Å². The number of rotatable bonds is 2. The Balaban J connectivity index is 0.000000334. The van der Waals surface area contributed by atoms with Gasteiger partial charge in [0.2, 0.25) is 0 Å². The minimum Gasteiger partial charge on any atom is -0.504 e. The van der Waals surface area contributed by atoms with E-state index in [1.165, 1.54) is 72.8 Å². The lowest BCUT2D eigenvalue weighted by molar-refractivity contribution is 0.404. The van der Waals surface area contributed by atoms with Crippen LogP contribution >= 0.6 is 0 Å². The van der Waals surface area contributed by atoms with Gasteiger partial charge < -0.3 is 70.9 Å². The number of aromatic hydroxyl groups is 8. The third-order valence-electron chi connectivity index (χ3n) is 9.74. The molecule has 60 heavy (non-hydrogen) atoms. The van der Waals surface area contributed by atoms with E-state index >= 15 is 0 Å². The molecule has 22 heteroatoms. The summed E-state index contributed by atoms with van der Waals surface area (Å²) >= 11 is 0. The van der Waals surface area contributed by atoms with Crippen LogP contribution in [0.4, 0.5) is 0 Å². The van der Waals surface area contributed by atoms with Crippen LogP contribution in [-0.4, -0.2) is 115 Å². The highest BCUT2D eigenvalue weighted by Crippen LogP contribution is 2.44. The van der Waals surface area contributed by atoms with Crippen LogP contribution in [0.15, 0.2) is 72.8 Å². The molecule has 8 aromatic rings. The van der Waals surface area contributed by atoms with Crippen LogP contribution in [0.3, 0.4) is 0 Å². The summed E-state index contributed by atoms with van der Waals surface area (Å²) in [5, 5.41) is 119. The lowest BCUT2D eigenvalue weighted by Gasteiger charge is -2.02. The molecule has 2 aliphatic rings. The minimum atomic E-state index is -1.52. The monoisotopic (exact) mass is 808 g/mol. The molecule has 0 amide bonds. The number of nitrogens with one attached hydrogen (secondary N) is 2. The topological polar surface area (TPSA) is 352 Å². The van der Waals surface area contributed by atoms with E-state index in [1.807, 2.05) is 0 Å². The molecule has 0 saturated carbocycles. The molecule has 0 atom stereocenters. The van der Waals surface area contributed by atoms with Gasteiger partial charge >= 0.3 is 14.2 Å². The number of H-pyrrole nitrogens is 2. The van der Waals surface area contributed by atoms with Crippen molar-refractivity contribution in [1.29, 1.82) is 0 Å². The minimum absolute atomic E-state index is 0.0502. The van der Waals surface area contributed by atoms with E-state index in [9.17, 15) is 40.9 Å². The number of aromatic amines is 2. The Morgan fingerprint density at radius 2 is 0.533 bits per heavy atom. The average Bonchev–Trinajstić information content (AvgIpc) is 3.91. The van der Waals surface area contributed by atoms with Crippen molar-refractivity contribution < 1.29 is 60.9 Å². The van der Waals surface area contributed by atoms with Gasteiger partial charge in [-0.05, 0) is 59.5 Å². The molecule has 0 aliphatic carbocycles. The van der Waals surface area contributed by atoms with E-state index in [1.54, 1.807) is 0 Å². The number of benzene rings is 5. The lowest BCUT2D eigenvalue weighted by Crippen LogP contribution is -2.34. The van der Waals surface area contributed by atoms with Gasteiger partial charge in [0.25, 0.3) is 0 Å². The Hall–Kier alpha value is -8.17. The normalized spacial score (nSPS) is 11.5. The van der Waals surface area contributed by atoms with Crippen molar-refractivity contribution in [2.24, 2.45) is 0 Å². The van der Waals surface area contributed by atoms with Crippen LogP contribution in [0, 0.1) is 0 Å². The largest absolute Gasteiger partial charge is 0.504 e. The molecule has 0 spiro atoms. The fourth-order valence-corrected chi connectivity index (χ4v) is 6.72. The number of fused-ring (bicyclic) bond motifs is 20. The second-order valence-corrected chi connectivity index (χ2v) is 13.6. The number of aromatic nitrogens is 8. The summed E-state index contributed by atoms with van der Waals surface area (Å²) in [5.74, 6) is -3.30. The summed E-state index contributed by atoms with van der Waals surface area (Å²) in [6, 6.07) is 15.9. The Bertz CT molecular complexity index is 2890. The van der Waals surface area contributed by atoms with E-state index in [0.717, 1.165) is 0 Å². The molecular formula is C38H26B2N8O12. The van der Waals surface area contributed by atoms with Gasteiger partial charge in [-0.3, -0.25) is 0 Å². The van der Waals surface area contributed by atoms with Crippen LogP contribution in [0.25, 0.3) is 89.7 Å². The molecule has 14 N–H and O–H groups in total. The zero-order valence-electron chi connectivity index (χ0n) is 30.1. The van der Waals surface area contributed by atoms with Gasteiger partial charge in [0, 0.05) is 43.8 Å². The number of nitrogens with zero attached hydrogens (tertiary/aromatic N) is 6. The van der Waals surface area contributed by atoms with Gasteiger partial charge in [-0.15, -0.1) is 0 Å². The molecule has 0 saturated heterocycles. The second kappa shape index (κ2) is 13.7. The molecule has 8 bridgehead atoms. The lowest BCUT2D eigenvalue weighted by atomic mass is 9.75. The van der Waals surface area contributed by atoms with Crippen molar-refractivity contribution in [3.63, 3.8) is 0 Å². The Labute approximate surface area is 333 Å². The first-order chi connectivity index (χ1) is 28.6. The van der Waals surface area contributed by atoms with Crippen LogP contribution in [-0.2, 0) is 0 Å². The number of hydrogen-bond donors (Lipinski definition) is 14. The van der Waals surface area contributed by atoms with E-state index in [-0.39, 0.29) is 45.9 Å². The van der Waals surface area contributed by atoms with Crippen molar-refractivity contribution in [2.45, 2.75) is 0 Å². The predicted octanol–water partition coefficient (Wildman–Crippen LogP) is 1.56. The smallest absolute Gasteiger partial charge is 0.488 e. The van der Waals surface area contributed by atoms with E-state index in [2.05, 4.69) is 39.9 Å². The van der Waals surface area contributed by atoms with Crippen LogP contribution in [0.5, 0.6) is 46.0 Å². The molecule has 5 aromatic carbocycles. The first-order valence-electron chi connectivity index (χ1n) is 17.5. The molecule has 20 nitrogen and oxygen atoms in total. The SMILES string of the molecule is OB(O)c1ccc(B(O)O)cc1.Oc1cc2c(cc1O)-c1nc-2nc2[nH]c(nc3nc(nc4[nH]c(n1)c1cc(O)c(O)cc41)-c1cc(O)c(O)cc1-3)c1cc(O)c(O)cc21. The maximum atomic E-state index is 10.4. The Morgan fingerprint density at radius 1 is 0.317 bits per heavy atom. The molecule has 3 aromatic heterocycles. The molecular weight excluding hydrogens is 782 g/mol. The quantitative estimate of drug-likeness (QED) is 0.0870. The van der Waals surface area contributed by atoms with Crippen LogP contribution in [0.1, 0.15) is 0 Å². The molecule has 0 fully saturated rings. The first kappa shape index (κ1) is 37.4. The maximum absolute atomic E-state index is 10.4. The fraction of sp³-hybridized carbons (Fsp3) is 0. The van der Waals surface area contributed by atoms with E-state index < -0.39 is 60.2 Å². The summed E-state index contributed by atoms with van der Waals surface area (Å²) < 4.78 is 0. The average molecular weight is 808 g/mol. The third kappa shape index (κ3) is 6.25. The summed E-state index contributed by atoms with van der Waals surface area (Å²) in [4.78, 5) is 34.0. The molecule has 10 rings (SSSR count). The summed E-state index contributed by atoms with van der Waals surface area (Å²) in [6.45, 7) is 0. The molecule has 0 unspecified atom stereocenters. The van der Waals surface area contributed by atoms with Crippen molar-refractivity contribution in [3.8, 4) is 91.5 Å². The zero-order chi connectivity index (χ0) is 42.3. The van der Waals surface area contributed by atoms with Gasteiger partial charge in [0.1, 0.15) is 22.6 Å². The molecule has 296 valence electrons. The zero-order valence-corrected chi connectivity index (χ0v) is 30.1. The van der Waals surface area contributed by atoms with Crippen LogP contribution in [0.2, 0.25) is 0 Å². The number of phenols is 8. The van der Waals surface area contributed by atoms with Crippen molar-refractivity contribution in [3.05, 3.63) is 72.8 Å². The first-order valence-corrected chi connectivity index (χ1v) is 17.5. The molecule has 0 radical (unpaired) electrons. The van der Waals surface area contributed by atoms with Crippen molar-refractivity contribution >= 4 is 69.3 Å². The highest BCUT2D eigenvalue weighted by molar-refractivity contribution is 6.60. The number of hydrogen-bond acceptors (Lipinski definition) is 18. The van der Waals surface area contributed by atoms with Gasteiger partial charge in [0.05, 0.1) is 0 Å². The standard InChI is InChI=1S/C32H18N8O8.C6H8B2O4/c41-17-1-9-10(2-18(17)42)26-33-25(9)37-27-11-3-19(43)20(44)4-12(11)29(34-27)39-31-15-7-23(47)24(48)8-16(15)32(36-31)40-30-14-6-22(46)21(45)5-13(14)28(35-30)38-26;9-7(10)5-1-2-6(4-3-5)8(11)12/h1-8,41-48H,(H2,33,34,35,36,37,38,39,40);1-4,9-12H. The highest BCUT2D eigenvalue weighted by Gasteiger charge is 2.26. The second-order valence-electron chi connectivity index (χ2n) is 13.6. The Kier molecular flexibility index (Phi) is 8.57. The third-order valence-corrected chi connectivity index (χ3v) is 9.74. The van der Waals surface area contributed by atoms with Crippen LogP contribution < -0.4 is 10.9 Å². The number of phenolic OH excluding ortho intramolecular Hbond substituents is 8. The van der Waals surface area contributed by atoms with Gasteiger partial charge in [-0.1, -0.05) is 24.3 Å².